The van der Waals surface area contributed by atoms with E-state index in [4.69, 9.17) is 44.6 Å². The summed E-state index contributed by atoms with van der Waals surface area (Å²) in [7, 11) is 4.50. The van der Waals surface area contributed by atoms with Crippen molar-refractivity contribution < 1.29 is 48.5 Å². The van der Waals surface area contributed by atoms with Crippen LogP contribution in [0.5, 0.6) is 0 Å². The molecule has 3 heterocycles. The van der Waals surface area contributed by atoms with Crippen molar-refractivity contribution >= 4 is 109 Å². The topological polar surface area (TPSA) is 259 Å². The fraction of sp³-hybridized carbons (Fsp3) is 0.163. The highest BCUT2D eigenvalue weighted by Crippen LogP contribution is 2.27. The summed E-state index contributed by atoms with van der Waals surface area (Å²) in [6, 6.07) is 15.5. The standard InChI is InChI=1S/C15H15ClN2O3.C14H12ClNO4.C13H11ClN2O3.CH5N/c1-3-21-15(20)13(17-2)7-14(19)11-8-18-12-5-4-9(16)6-10(11)12;1-2-20-14(19)13(18)6-12(17)10-7-16-11-4-3-8(15)5-9(10)11;1-15-11(13(18)19)5-12(17)9-6-16-10-3-2-7(14)4-8(9)10;1-2/h4-8,17-18H,3H2,1-2H3;3-7,16-17H,2H2,1H3;2-6,15-16H,1H3,(H,18,19);2H2,1H3/b13-7-;;11-5-;. The van der Waals surface area contributed by atoms with Crippen LogP contribution in [0.3, 0.4) is 0 Å². The lowest BCUT2D eigenvalue weighted by Gasteiger charge is -2.05. The zero-order chi connectivity index (χ0) is 46.1. The molecule has 326 valence electrons. The second-order valence-electron chi connectivity index (χ2n) is 12.2. The number of carboxylic acids is 1. The Bertz CT molecular complexity index is 2690. The van der Waals surface area contributed by atoms with E-state index >= 15 is 0 Å². The molecule has 0 aliphatic carbocycles. The van der Waals surface area contributed by atoms with Gasteiger partial charge in [0.2, 0.25) is 0 Å². The number of H-pyrrole nitrogens is 3. The van der Waals surface area contributed by atoms with Crippen LogP contribution in [-0.2, 0) is 28.7 Å². The molecule has 9 N–H and O–H groups in total. The third-order valence-corrected chi connectivity index (χ3v) is 9.00. The zero-order valence-corrected chi connectivity index (χ0v) is 36.2. The Morgan fingerprint density at radius 3 is 1.35 bits per heavy atom. The van der Waals surface area contributed by atoms with Gasteiger partial charge in [0, 0.05) is 115 Å². The average Bonchev–Trinajstić information content (AvgIpc) is 3.99. The summed E-state index contributed by atoms with van der Waals surface area (Å²) in [5.41, 5.74) is 7.99. The number of nitrogens with one attached hydrogen (secondary N) is 5. The molecule has 0 saturated carbocycles. The molecule has 0 spiro atoms. The summed E-state index contributed by atoms with van der Waals surface area (Å²) < 4.78 is 9.42. The molecule has 0 atom stereocenters. The number of benzene rings is 3. The number of ether oxygens (including phenoxy) is 2. The number of carbonyl (C=O) groups is 6. The van der Waals surface area contributed by atoms with Crippen molar-refractivity contribution in [1.82, 2.24) is 25.6 Å². The fourth-order valence-corrected chi connectivity index (χ4v) is 5.98. The number of aliphatic carboxylic acids is 1. The molecule has 0 saturated heterocycles. The van der Waals surface area contributed by atoms with Crippen molar-refractivity contribution in [1.29, 1.82) is 0 Å². The van der Waals surface area contributed by atoms with Crippen molar-refractivity contribution in [2.24, 2.45) is 5.73 Å². The Kier molecular flexibility index (Phi) is 19.0. The first-order chi connectivity index (χ1) is 29.6. The molecule has 19 heteroatoms. The molecule has 6 aromatic rings. The molecule has 62 heavy (non-hydrogen) atoms. The highest BCUT2D eigenvalue weighted by atomic mass is 35.5. The van der Waals surface area contributed by atoms with Crippen LogP contribution in [0.4, 0.5) is 0 Å². The van der Waals surface area contributed by atoms with E-state index in [2.05, 4.69) is 36.1 Å². The fourth-order valence-electron chi connectivity index (χ4n) is 5.46. The first-order valence-electron chi connectivity index (χ1n) is 18.4. The molecule has 0 fully saturated rings. The lowest BCUT2D eigenvalue weighted by Crippen LogP contribution is -2.20. The number of hydrogen-bond acceptors (Lipinski definition) is 12. The summed E-state index contributed by atoms with van der Waals surface area (Å²) in [5, 5.41) is 27.5. The first kappa shape index (κ1) is 49.5. The van der Waals surface area contributed by atoms with E-state index in [1.54, 1.807) is 81.7 Å². The number of halogens is 3. The van der Waals surface area contributed by atoms with Crippen LogP contribution in [0.1, 0.15) is 40.1 Å². The van der Waals surface area contributed by atoms with Crippen LogP contribution in [-0.4, -0.2) is 94.8 Å². The van der Waals surface area contributed by atoms with E-state index < -0.39 is 29.5 Å². The molecule has 16 nitrogen and oxygen atoms in total. The van der Waals surface area contributed by atoms with Gasteiger partial charge in [-0.2, -0.15) is 0 Å². The van der Waals surface area contributed by atoms with Gasteiger partial charge >= 0.3 is 17.9 Å². The SMILES string of the molecule is CCOC(=O)/C(=C/C(=O)c1c[nH]c2ccc(Cl)cc12)NC.CCOC(=O)C(=O)C=C(O)c1c[nH]c2ccc(Cl)cc12.CN.CN/C(=C\C(=O)c1c[nH]c2ccc(Cl)cc12)C(=O)O. The number of ketones is 3. The summed E-state index contributed by atoms with van der Waals surface area (Å²) in [6.45, 7) is 3.64. The average molecular weight is 910 g/mol. The molecule has 0 radical (unpaired) electrons. The largest absolute Gasteiger partial charge is 0.507 e. The van der Waals surface area contributed by atoms with Crippen molar-refractivity contribution in [3.8, 4) is 0 Å². The summed E-state index contributed by atoms with van der Waals surface area (Å²) in [5.74, 6) is -4.70. The predicted molar refractivity (Wildman–Crippen MR) is 239 cm³/mol. The molecule has 0 aliphatic rings. The number of allylic oxidation sites excluding steroid dienone is 2. The minimum atomic E-state index is -1.19. The number of aliphatic hydroxyl groups is 1. The molecule has 3 aromatic carbocycles. The molecule has 3 aromatic heterocycles. The maximum Gasteiger partial charge on any atom is 0.379 e. The van der Waals surface area contributed by atoms with Gasteiger partial charge in [-0.15, -0.1) is 0 Å². The monoisotopic (exact) mass is 908 g/mol. The number of aliphatic hydroxyl groups excluding tert-OH is 1. The van der Waals surface area contributed by atoms with Crippen LogP contribution in [0.25, 0.3) is 38.5 Å². The van der Waals surface area contributed by atoms with E-state index in [1.165, 1.54) is 32.6 Å². The third-order valence-electron chi connectivity index (χ3n) is 8.30. The summed E-state index contributed by atoms with van der Waals surface area (Å²) in [4.78, 5) is 78.5. The maximum atomic E-state index is 12.3. The Labute approximate surface area is 369 Å². The normalized spacial score (nSPS) is 11.3. The number of likely N-dealkylation sites (N-methyl/N-ethyl adjacent to an activating group) is 2. The number of esters is 2. The van der Waals surface area contributed by atoms with Crippen LogP contribution >= 0.6 is 34.8 Å². The Hall–Kier alpha value is -6.85. The quantitative estimate of drug-likeness (QED) is 0.0186. The minimum Gasteiger partial charge on any atom is -0.507 e. The van der Waals surface area contributed by atoms with E-state index in [-0.39, 0.29) is 36.2 Å². The van der Waals surface area contributed by atoms with Crippen molar-refractivity contribution in [3.63, 3.8) is 0 Å². The lowest BCUT2D eigenvalue weighted by atomic mass is 10.1. The Morgan fingerprint density at radius 1 is 0.597 bits per heavy atom. The number of aromatic nitrogens is 3. The van der Waals surface area contributed by atoms with Crippen molar-refractivity contribution in [2.75, 3.05) is 34.4 Å². The molecule has 6 rings (SSSR count). The van der Waals surface area contributed by atoms with Gasteiger partial charge in [0.15, 0.2) is 11.6 Å². The Morgan fingerprint density at radius 2 is 0.968 bits per heavy atom. The van der Waals surface area contributed by atoms with Gasteiger partial charge < -0.3 is 51.0 Å². The molecule has 0 unspecified atom stereocenters. The summed E-state index contributed by atoms with van der Waals surface area (Å²) in [6.07, 6.45) is 7.77. The molecular formula is C43H43Cl3N6O10. The van der Waals surface area contributed by atoms with Crippen molar-refractivity contribution in [3.05, 3.63) is 135 Å². The number of hydrogen-bond donors (Lipinski definition) is 8. The van der Waals surface area contributed by atoms with E-state index in [0.29, 0.717) is 47.9 Å². The van der Waals surface area contributed by atoms with Crippen molar-refractivity contribution in [2.45, 2.75) is 13.8 Å². The van der Waals surface area contributed by atoms with Crippen LogP contribution in [0.15, 0.2) is 103 Å². The lowest BCUT2D eigenvalue weighted by molar-refractivity contribution is -0.151. The molecular weight excluding hydrogens is 867 g/mol. The predicted octanol–water partition coefficient (Wildman–Crippen LogP) is 7.29. The number of carbonyl (C=O) groups excluding carboxylic acids is 5. The highest BCUT2D eigenvalue weighted by molar-refractivity contribution is 6.39. The smallest absolute Gasteiger partial charge is 0.379 e. The highest BCUT2D eigenvalue weighted by Gasteiger charge is 2.18. The molecule has 0 aliphatic heterocycles. The van der Waals surface area contributed by atoms with Gasteiger partial charge in [-0.05, 0) is 75.5 Å². The number of fused-ring (bicyclic) bond motifs is 3. The number of aromatic amines is 3. The van der Waals surface area contributed by atoms with Crippen LogP contribution < -0.4 is 16.4 Å². The van der Waals surface area contributed by atoms with Gasteiger partial charge in [-0.1, -0.05) is 34.8 Å². The van der Waals surface area contributed by atoms with E-state index in [1.807, 2.05) is 0 Å². The molecule has 0 amide bonds. The third kappa shape index (κ3) is 13.1. The number of carboxylic acid groups (broad SMARTS) is 1. The maximum absolute atomic E-state index is 12.3. The van der Waals surface area contributed by atoms with Gasteiger partial charge in [0.1, 0.15) is 17.2 Å². The molecule has 0 bridgehead atoms. The first-order valence-corrected chi connectivity index (χ1v) is 19.5. The van der Waals surface area contributed by atoms with Gasteiger partial charge in [-0.3, -0.25) is 14.4 Å². The number of rotatable bonds is 13. The minimum absolute atomic E-state index is 0.0991. The van der Waals surface area contributed by atoms with Crippen LogP contribution in [0.2, 0.25) is 15.1 Å². The second kappa shape index (κ2) is 23.8. The van der Waals surface area contributed by atoms with Gasteiger partial charge in [0.05, 0.1) is 13.2 Å². The van der Waals surface area contributed by atoms with Crippen LogP contribution in [0, 0.1) is 0 Å². The Balaban J connectivity index is 0.000000243. The van der Waals surface area contributed by atoms with Gasteiger partial charge in [0.25, 0.3) is 5.78 Å². The summed E-state index contributed by atoms with van der Waals surface area (Å²) >= 11 is 17.7. The number of nitrogens with two attached hydrogens (primary N) is 1. The zero-order valence-electron chi connectivity index (χ0n) is 33.9. The second-order valence-corrected chi connectivity index (χ2v) is 13.5. The van der Waals surface area contributed by atoms with E-state index in [0.717, 1.165) is 28.7 Å². The van der Waals surface area contributed by atoms with E-state index in [9.17, 15) is 33.9 Å². The van der Waals surface area contributed by atoms with Gasteiger partial charge in [-0.25, -0.2) is 14.4 Å².